The van der Waals surface area contributed by atoms with Gasteiger partial charge < -0.3 is 9.47 Å². The van der Waals surface area contributed by atoms with Gasteiger partial charge in [0, 0.05) is 17.7 Å². The van der Waals surface area contributed by atoms with E-state index in [0.717, 1.165) is 37.1 Å². The Labute approximate surface area is 180 Å². The van der Waals surface area contributed by atoms with Crippen molar-refractivity contribution in [3.63, 3.8) is 0 Å². The summed E-state index contributed by atoms with van der Waals surface area (Å²) in [6.07, 6.45) is -2.88. The lowest BCUT2D eigenvalue weighted by molar-refractivity contribution is -0.185. The molecule has 0 fully saturated rings. The van der Waals surface area contributed by atoms with E-state index >= 15 is 0 Å². The highest BCUT2D eigenvalue weighted by molar-refractivity contribution is 5.32. The van der Waals surface area contributed by atoms with Crippen molar-refractivity contribution >= 4 is 0 Å². The van der Waals surface area contributed by atoms with E-state index in [1.807, 2.05) is 6.92 Å². The first-order chi connectivity index (χ1) is 15.0. The van der Waals surface area contributed by atoms with E-state index in [1.165, 1.54) is 6.08 Å². The van der Waals surface area contributed by atoms with Crippen LogP contribution in [0.1, 0.15) is 44.6 Å². The number of rotatable bonds is 8. The summed E-state index contributed by atoms with van der Waals surface area (Å²) in [5, 5.41) is 0. The maximum absolute atomic E-state index is 14.5. The highest BCUT2D eigenvalue weighted by Gasteiger charge is 2.39. The molecule has 0 spiro atoms. The smallest absolute Gasteiger partial charge is 0.426 e. The Bertz CT molecular complexity index is 948. The summed E-state index contributed by atoms with van der Waals surface area (Å²) in [6, 6.07) is 3.94. The second-order valence-electron chi connectivity index (χ2n) is 7.62. The molecule has 1 aliphatic rings. The molecule has 32 heavy (non-hydrogen) atoms. The molecule has 0 saturated carbocycles. The van der Waals surface area contributed by atoms with Crippen LogP contribution in [0.25, 0.3) is 0 Å². The summed E-state index contributed by atoms with van der Waals surface area (Å²) >= 11 is 0. The third kappa shape index (κ3) is 5.55. The zero-order valence-corrected chi connectivity index (χ0v) is 17.1. The first-order valence-electron chi connectivity index (χ1n) is 10.1. The van der Waals surface area contributed by atoms with E-state index in [9.17, 15) is 30.7 Å². The minimum absolute atomic E-state index is 0.150. The summed E-state index contributed by atoms with van der Waals surface area (Å²) in [5.74, 6) is -6.13. The van der Waals surface area contributed by atoms with Crippen molar-refractivity contribution in [3.8, 4) is 11.5 Å². The molecule has 0 saturated heterocycles. The van der Waals surface area contributed by atoms with Crippen molar-refractivity contribution < 1.29 is 40.2 Å². The van der Waals surface area contributed by atoms with Gasteiger partial charge in [-0.3, -0.25) is 0 Å². The fourth-order valence-corrected chi connectivity index (χ4v) is 3.55. The van der Waals surface area contributed by atoms with Gasteiger partial charge >= 0.3 is 12.2 Å². The molecule has 2 aromatic carbocycles. The quantitative estimate of drug-likeness (QED) is 0.227. The van der Waals surface area contributed by atoms with Crippen LogP contribution in [0.15, 0.2) is 48.0 Å². The molecule has 0 N–H and O–H groups in total. The lowest BCUT2D eigenvalue weighted by Crippen LogP contribution is -2.29. The summed E-state index contributed by atoms with van der Waals surface area (Å²) in [7, 11) is 0. The molecule has 0 aromatic heterocycles. The molecule has 1 aliphatic carbocycles. The maximum Gasteiger partial charge on any atom is 0.426 e. The number of alkyl halides is 4. The topological polar surface area (TPSA) is 18.5 Å². The van der Waals surface area contributed by atoms with Crippen molar-refractivity contribution in [2.75, 3.05) is 0 Å². The Hall–Kier alpha value is -2.71. The molecule has 1 atom stereocenters. The Morgan fingerprint density at radius 3 is 2.00 bits per heavy atom. The fourth-order valence-electron chi connectivity index (χ4n) is 3.55. The molecule has 1 unspecified atom stereocenters. The molecule has 174 valence electrons. The number of benzene rings is 2. The van der Waals surface area contributed by atoms with Gasteiger partial charge in [0.1, 0.15) is 11.5 Å². The highest BCUT2D eigenvalue weighted by Crippen LogP contribution is 2.38. The fraction of sp³-hybridized carbons (Fsp3) is 0.391. The highest BCUT2D eigenvalue weighted by atomic mass is 19.3. The van der Waals surface area contributed by atoms with Crippen LogP contribution in [-0.4, -0.2) is 6.11 Å². The average Bonchev–Trinajstić information content (AvgIpc) is 2.72. The van der Waals surface area contributed by atoms with Gasteiger partial charge in [-0.1, -0.05) is 25.8 Å². The van der Waals surface area contributed by atoms with E-state index in [0.29, 0.717) is 18.8 Å². The van der Waals surface area contributed by atoms with Crippen molar-refractivity contribution in [2.24, 2.45) is 5.92 Å². The molecule has 3 rings (SSSR count). The molecule has 0 aliphatic heterocycles. The summed E-state index contributed by atoms with van der Waals surface area (Å²) in [4.78, 5) is 0. The monoisotopic (exact) mass is 462 g/mol. The van der Waals surface area contributed by atoms with Crippen LogP contribution in [-0.2, 0) is 6.11 Å². The number of halogens is 7. The molecule has 2 nitrogen and oxygen atoms in total. The molecule has 2 aromatic rings. The van der Waals surface area contributed by atoms with Crippen LogP contribution >= 0.6 is 0 Å². The molecular weight excluding hydrogens is 441 g/mol. The largest absolute Gasteiger partial charge is 0.429 e. The molecule has 0 bridgehead atoms. The van der Waals surface area contributed by atoms with Crippen LogP contribution in [0.4, 0.5) is 30.7 Å². The van der Waals surface area contributed by atoms with E-state index < -0.39 is 41.0 Å². The summed E-state index contributed by atoms with van der Waals surface area (Å²) < 4.78 is 106. The Morgan fingerprint density at radius 2 is 1.47 bits per heavy atom. The van der Waals surface area contributed by atoms with E-state index in [4.69, 9.17) is 4.74 Å². The van der Waals surface area contributed by atoms with Crippen molar-refractivity contribution in [1.29, 1.82) is 0 Å². The molecular formula is C23H21F7O2. The lowest BCUT2D eigenvalue weighted by atomic mass is 9.86. The molecule has 0 radical (unpaired) electrons. The van der Waals surface area contributed by atoms with Crippen molar-refractivity contribution in [1.82, 2.24) is 0 Å². The maximum atomic E-state index is 14.5. The zero-order chi connectivity index (χ0) is 23.5. The number of allylic oxidation sites excluding steroid dienone is 1. The zero-order valence-electron chi connectivity index (χ0n) is 17.1. The number of ether oxygens (including phenoxy) is 2. The predicted molar refractivity (Wildman–Crippen MR) is 103 cm³/mol. The van der Waals surface area contributed by atoms with Crippen LogP contribution in [0.3, 0.4) is 0 Å². The SMILES string of the molecule is CCCC1CC=C(C(F)(F)Oc2ccc(C(F)(F)Oc3cc(F)c(F)c(F)c3)cc2)CC1. The van der Waals surface area contributed by atoms with Crippen LogP contribution in [0, 0.1) is 23.4 Å². The van der Waals surface area contributed by atoms with Gasteiger partial charge in [-0.25, -0.2) is 13.2 Å². The minimum atomic E-state index is -4.07. The van der Waals surface area contributed by atoms with Gasteiger partial charge in [-0.2, -0.15) is 17.6 Å². The Balaban J connectivity index is 1.69. The minimum Gasteiger partial charge on any atom is -0.429 e. The van der Waals surface area contributed by atoms with E-state index in [2.05, 4.69) is 4.74 Å². The van der Waals surface area contributed by atoms with Crippen LogP contribution < -0.4 is 9.47 Å². The second-order valence-corrected chi connectivity index (χ2v) is 7.62. The van der Waals surface area contributed by atoms with Crippen LogP contribution in [0.2, 0.25) is 0 Å². The first kappa shape index (κ1) is 23.9. The third-order valence-electron chi connectivity index (χ3n) is 5.23. The number of hydrogen-bond donors (Lipinski definition) is 0. The normalized spacial score (nSPS) is 17.1. The average molecular weight is 462 g/mol. The molecule has 9 heteroatoms. The van der Waals surface area contributed by atoms with E-state index in [-0.39, 0.29) is 29.9 Å². The number of hydrogen-bond acceptors (Lipinski definition) is 2. The third-order valence-corrected chi connectivity index (χ3v) is 5.23. The van der Waals surface area contributed by atoms with Crippen LogP contribution in [0.5, 0.6) is 11.5 Å². The van der Waals surface area contributed by atoms with Crippen molar-refractivity contribution in [2.45, 2.75) is 51.2 Å². The Morgan fingerprint density at radius 1 is 0.875 bits per heavy atom. The Kier molecular flexibility index (Phi) is 7.05. The predicted octanol–water partition coefficient (Wildman–Crippen LogP) is 7.73. The van der Waals surface area contributed by atoms with Gasteiger partial charge in [0.05, 0.1) is 5.56 Å². The van der Waals surface area contributed by atoms with Gasteiger partial charge in [0.15, 0.2) is 17.5 Å². The first-order valence-corrected chi connectivity index (χ1v) is 10.1. The lowest BCUT2D eigenvalue weighted by Gasteiger charge is -2.27. The van der Waals surface area contributed by atoms with Gasteiger partial charge in [0.2, 0.25) is 0 Å². The molecule has 0 heterocycles. The van der Waals surface area contributed by atoms with Gasteiger partial charge in [0.25, 0.3) is 0 Å². The summed E-state index contributed by atoms with van der Waals surface area (Å²) in [5.41, 5.74) is -0.930. The van der Waals surface area contributed by atoms with Gasteiger partial charge in [-0.15, -0.1) is 0 Å². The summed E-state index contributed by atoms with van der Waals surface area (Å²) in [6.45, 7) is 2.03. The van der Waals surface area contributed by atoms with Gasteiger partial charge in [-0.05, 0) is 49.4 Å². The van der Waals surface area contributed by atoms with E-state index in [1.54, 1.807) is 0 Å². The standard InChI is InChI=1S/C23H21F7O2/c1-2-3-14-4-6-15(7-5-14)22(27,28)31-17-10-8-16(9-11-17)23(29,30)32-18-12-19(24)21(26)20(25)13-18/h6,8-14H,2-5,7H2,1H3. The second kappa shape index (κ2) is 9.42. The molecule has 0 amide bonds. The van der Waals surface area contributed by atoms with Crippen molar-refractivity contribution in [3.05, 3.63) is 71.1 Å².